The Bertz CT molecular complexity index is 410. The molecule has 0 aliphatic rings. The Labute approximate surface area is 135 Å². The molecule has 0 aromatic heterocycles. The molecule has 3 nitrogen and oxygen atoms in total. The molecule has 0 saturated heterocycles. The van der Waals surface area contributed by atoms with Crippen LogP contribution in [0.2, 0.25) is 0 Å². The van der Waals surface area contributed by atoms with Gasteiger partial charge in [0.2, 0.25) is 0 Å². The molecule has 0 amide bonds. The zero-order valence-corrected chi connectivity index (χ0v) is 14.7. The topological polar surface area (TPSA) is 41.5 Å². The molecular formula is C17H30ClNO2. The fourth-order valence-corrected chi connectivity index (χ4v) is 1.97. The van der Waals surface area contributed by atoms with E-state index >= 15 is 0 Å². The zero-order valence-electron chi connectivity index (χ0n) is 13.8. The number of hydrogen-bond acceptors (Lipinski definition) is 3. The third kappa shape index (κ3) is 7.16. The van der Waals surface area contributed by atoms with Crippen LogP contribution < -0.4 is 10.1 Å². The molecule has 2 N–H and O–H groups in total. The van der Waals surface area contributed by atoms with Crippen LogP contribution in [0.3, 0.4) is 0 Å². The van der Waals surface area contributed by atoms with Crippen molar-refractivity contribution < 1.29 is 9.84 Å². The standard InChI is InChI=1S/C17H29NO2.ClH/c1-6-14(5)18-10-15(19)11-20-17-9-13(4)7-8-16(17)12(2)3;/h7-9,12,14-15,18-19H,6,10-11H2,1-5H3;1H. The number of nitrogens with one attached hydrogen (secondary N) is 1. The molecule has 0 fully saturated rings. The Morgan fingerprint density at radius 2 is 1.90 bits per heavy atom. The third-order valence-corrected chi connectivity index (χ3v) is 3.54. The van der Waals surface area contributed by atoms with Crippen molar-refractivity contribution in [2.24, 2.45) is 0 Å². The monoisotopic (exact) mass is 315 g/mol. The molecule has 2 atom stereocenters. The predicted octanol–water partition coefficient (Wildman–Crippen LogP) is 3.67. The van der Waals surface area contributed by atoms with E-state index in [1.54, 1.807) is 0 Å². The van der Waals surface area contributed by atoms with Gasteiger partial charge in [0.15, 0.2) is 0 Å². The second kappa shape index (κ2) is 10.0. The van der Waals surface area contributed by atoms with Crippen molar-refractivity contribution in [3.8, 4) is 5.75 Å². The highest BCUT2D eigenvalue weighted by Crippen LogP contribution is 2.27. The fraction of sp³-hybridized carbons (Fsp3) is 0.647. The lowest BCUT2D eigenvalue weighted by Crippen LogP contribution is -2.36. The molecule has 0 aliphatic heterocycles. The molecule has 122 valence electrons. The highest BCUT2D eigenvalue weighted by Gasteiger charge is 2.11. The molecule has 1 aromatic rings. The Morgan fingerprint density at radius 1 is 1.24 bits per heavy atom. The molecule has 0 heterocycles. The fourth-order valence-electron chi connectivity index (χ4n) is 1.97. The van der Waals surface area contributed by atoms with E-state index in [2.05, 4.69) is 52.1 Å². The number of aliphatic hydroxyl groups excluding tert-OH is 1. The van der Waals surface area contributed by atoms with Crippen molar-refractivity contribution in [2.75, 3.05) is 13.2 Å². The molecular weight excluding hydrogens is 286 g/mol. The van der Waals surface area contributed by atoms with E-state index in [-0.39, 0.29) is 12.4 Å². The van der Waals surface area contributed by atoms with Crippen LogP contribution in [0.1, 0.15) is 51.2 Å². The van der Waals surface area contributed by atoms with E-state index in [1.165, 1.54) is 11.1 Å². The van der Waals surface area contributed by atoms with E-state index in [0.29, 0.717) is 25.1 Å². The molecule has 0 aliphatic carbocycles. The first-order valence-electron chi connectivity index (χ1n) is 7.58. The first-order chi connectivity index (χ1) is 9.43. The van der Waals surface area contributed by atoms with Crippen LogP contribution in [0.4, 0.5) is 0 Å². The maximum absolute atomic E-state index is 9.97. The Kier molecular flexibility index (Phi) is 9.67. The largest absolute Gasteiger partial charge is 0.491 e. The SMILES string of the molecule is CCC(C)NCC(O)COc1cc(C)ccc1C(C)C.Cl. The third-order valence-electron chi connectivity index (χ3n) is 3.54. The van der Waals surface area contributed by atoms with Gasteiger partial charge in [-0.2, -0.15) is 0 Å². The van der Waals surface area contributed by atoms with E-state index in [1.807, 2.05) is 6.07 Å². The summed E-state index contributed by atoms with van der Waals surface area (Å²) in [6.45, 7) is 11.5. The van der Waals surface area contributed by atoms with Crippen molar-refractivity contribution in [3.63, 3.8) is 0 Å². The normalized spacial score (nSPS) is 13.7. The van der Waals surface area contributed by atoms with Gasteiger partial charge in [0, 0.05) is 12.6 Å². The molecule has 4 heteroatoms. The smallest absolute Gasteiger partial charge is 0.123 e. The van der Waals surface area contributed by atoms with Crippen molar-refractivity contribution >= 4 is 12.4 Å². The van der Waals surface area contributed by atoms with Gasteiger partial charge in [0.05, 0.1) is 0 Å². The Balaban J connectivity index is 0.00000400. The summed E-state index contributed by atoms with van der Waals surface area (Å²) in [4.78, 5) is 0. The lowest BCUT2D eigenvalue weighted by atomic mass is 10.0. The number of ether oxygens (including phenoxy) is 1. The zero-order chi connectivity index (χ0) is 15.1. The van der Waals surface area contributed by atoms with E-state index < -0.39 is 6.10 Å². The number of benzene rings is 1. The lowest BCUT2D eigenvalue weighted by molar-refractivity contribution is 0.103. The first kappa shape index (κ1) is 20.2. The van der Waals surface area contributed by atoms with Gasteiger partial charge in [-0.15, -0.1) is 12.4 Å². The summed E-state index contributed by atoms with van der Waals surface area (Å²) in [6, 6.07) is 6.68. The van der Waals surface area contributed by atoms with Gasteiger partial charge in [0.1, 0.15) is 18.5 Å². The molecule has 1 aromatic carbocycles. The van der Waals surface area contributed by atoms with Crippen LogP contribution >= 0.6 is 12.4 Å². The Hall–Kier alpha value is -0.770. The number of rotatable bonds is 8. The maximum Gasteiger partial charge on any atom is 0.123 e. The minimum atomic E-state index is -0.482. The summed E-state index contributed by atoms with van der Waals surface area (Å²) in [5.74, 6) is 1.31. The van der Waals surface area contributed by atoms with E-state index in [9.17, 15) is 5.11 Å². The second-order valence-corrected chi connectivity index (χ2v) is 5.88. The molecule has 0 spiro atoms. The van der Waals surface area contributed by atoms with Gasteiger partial charge < -0.3 is 15.2 Å². The van der Waals surface area contributed by atoms with Gasteiger partial charge in [-0.1, -0.05) is 32.9 Å². The van der Waals surface area contributed by atoms with Gasteiger partial charge in [0.25, 0.3) is 0 Å². The highest BCUT2D eigenvalue weighted by atomic mass is 35.5. The number of aliphatic hydroxyl groups is 1. The molecule has 1 rings (SSSR count). The van der Waals surface area contributed by atoms with Gasteiger partial charge in [-0.25, -0.2) is 0 Å². The minimum absolute atomic E-state index is 0. The molecule has 0 bridgehead atoms. The average molecular weight is 316 g/mol. The summed E-state index contributed by atoms with van der Waals surface area (Å²) >= 11 is 0. The van der Waals surface area contributed by atoms with Crippen LogP contribution in [0, 0.1) is 6.92 Å². The summed E-state index contributed by atoms with van der Waals surface area (Å²) < 4.78 is 5.82. The van der Waals surface area contributed by atoms with Crippen LogP contribution in [0.5, 0.6) is 5.75 Å². The number of hydrogen-bond donors (Lipinski definition) is 2. The highest BCUT2D eigenvalue weighted by molar-refractivity contribution is 5.85. The number of aryl methyl sites for hydroxylation is 1. The molecule has 0 saturated carbocycles. The van der Waals surface area contributed by atoms with Crippen molar-refractivity contribution in [1.29, 1.82) is 0 Å². The maximum atomic E-state index is 9.97. The quantitative estimate of drug-likeness (QED) is 0.769. The average Bonchev–Trinajstić information content (AvgIpc) is 2.42. The lowest BCUT2D eigenvalue weighted by Gasteiger charge is -2.19. The van der Waals surface area contributed by atoms with E-state index in [4.69, 9.17) is 4.74 Å². The van der Waals surface area contributed by atoms with Gasteiger partial charge in [-0.05, 0) is 43.4 Å². The van der Waals surface area contributed by atoms with E-state index in [0.717, 1.165) is 12.2 Å². The summed E-state index contributed by atoms with van der Waals surface area (Å²) in [5.41, 5.74) is 2.37. The van der Waals surface area contributed by atoms with Crippen LogP contribution in [0.15, 0.2) is 18.2 Å². The van der Waals surface area contributed by atoms with Crippen LogP contribution in [-0.4, -0.2) is 30.4 Å². The van der Waals surface area contributed by atoms with Crippen LogP contribution in [0.25, 0.3) is 0 Å². The Morgan fingerprint density at radius 3 is 2.48 bits per heavy atom. The summed E-state index contributed by atoms with van der Waals surface area (Å²) in [7, 11) is 0. The molecule has 21 heavy (non-hydrogen) atoms. The number of halogens is 1. The summed E-state index contributed by atoms with van der Waals surface area (Å²) in [6.07, 6.45) is 0.577. The van der Waals surface area contributed by atoms with Gasteiger partial charge in [-0.3, -0.25) is 0 Å². The van der Waals surface area contributed by atoms with Crippen molar-refractivity contribution in [3.05, 3.63) is 29.3 Å². The first-order valence-corrected chi connectivity index (χ1v) is 7.58. The van der Waals surface area contributed by atoms with Crippen LogP contribution in [-0.2, 0) is 0 Å². The minimum Gasteiger partial charge on any atom is -0.491 e. The summed E-state index contributed by atoms with van der Waals surface area (Å²) in [5, 5.41) is 13.3. The van der Waals surface area contributed by atoms with Crippen molar-refractivity contribution in [1.82, 2.24) is 5.32 Å². The van der Waals surface area contributed by atoms with Crippen molar-refractivity contribution in [2.45, 2.75) is 59.1 Å². The molecule has 2 unspecified atom stereocenters. The molecule has 0 radical (unpaired) electrons. The predicted molar refractivity (Wildman–Crippen MR) is 91.8 cm³/mol. The second-order valence-electron chi connectivity index (χ2n) is 5.88. The van der Waals surface area contributed by atoms with Gasteiger partial charge >= 0.3 is 0 Å².